The van der Waals surface area contributed by atoms with Crippen LogP contribution in [-0.2, 0) is 4.79 Å². The van der Waals surface area contributed by atoms with E-state index >= 15 is 0 Å². The lowest BCUT2D eigenvalue weighted by atomic mass is 9.82. The third-order valence-electron chi connectivity index (χ3n) is 4.74. The first-order valence-electron chi connectivity index (χ1n) is 8.80. The van der Waals surface area contributed by atoms with Crippen LogP contribution < -0.4 is 9.47 Å². The third-order valence-corrected chi connectivity index (χ3v) is 4.74. The van der Waals surface area contributed by atoms with Gasteiger partial charge in [-0.25, -0.2) is 0 Å². The Kier molecular flexibility index (Phi) is 5.59. The van der Waals surface area contributed by atoms with E-state index in [0.717, 1.165) is 37.0 Å². The Bertz CT molecular complexity index is 683. The molecule has 1 aliphatic rings. The molecule has 0 unspecified atom stereocenters. The molecule has 2 aromatic carbocycles. The Morgan fingerprint density at radius 3 is 2.20 bits per heavy atom. The number of phenols is 1. The average molecular weight is 340 g/mol. The molecule has 0 aliphatic heterocycles. The van der Waals surface area contributed by atoms with Gasteiger partial charge in [-0.1, -0.05) is 17.7 Å². The Hall–Kier alpha value is -2.49. The Balaban J connectivity index is 1.42. The van der Waals surface area contributed by atoms with Crippen LogP contribution in [0.15, 0.2) is 48.5 Å². The predicted octanol–water partition coefficient (Wildman–Crippen LogP) is 4.49. The molecule has 0 bridgehead atoms. The molecule has 4 heteroatoms. The second-order valence-corrected chi connectivity index (χ2v) is 6.76. The van der Waals surface area contributed by atoms with E-state index in [1.165, 1.54) is 0 Å². The highest BCUT2D eigenvalue weighted by Crippen LogP contribution is 2.31. The third kappa shape index (κ3) is 4.99. The van der Waals surface area contributed by atoms with Crippen LogP contribution >= 0.6 is 0 Å². The van der Waals surface area contributed by atoms with Gasteiger partial charge in [0.15, 0.2) is 0 Å². The zero-order valence-corrected chi connectivity index (χ0v) is 14.5. The van der Waals surface area contributed by atoms with E-state index in [9.17, 15) is 9.90 Å². The number of phenolic OH excluding ortho intramolecular Hbond substituents is 1. The maximum atomic E-state index is 12.3. The standard InChI is InChI=1S/C21H24O4/c1-15-2-10-20(11-3-15)25-21(23)17-6-4-16(5-7-17)14-24-19-12-8-18(22)9-13-19/h2-3,8-13,16-17,22H,4-7,14H2,1H3. The summed E-state index contributed by atoms with van der Waals surface area (Å²) in [5.74, 6) is 1.93. The Labute approximate surface area is 148 Å². The molecule has 0 heterocycles. The number of hydrogen-bond acceptors (Lipinski definition) is 4. The molecule has 2 aromatic rings. The van der Waals surface area contributed by atoms with Gasteiger partial charge in [0.25, 0.3) is 0 Å². The van der Waals surface area contributed by atoms with E-state index in [1.54, 1.807) is 24.3 Å². The number of carbonyl (C=O) groups is 1. The number of benzene rings is 2. The topological polar surface area (TPSA) is 55.8 Å². The second kappa shape index (κ2) is 8.06. The molecule has 3 rings (SSSR count). The first kappa shape index (κ1) is 17.3. The van der Waals surface area contributed by atoms with Crippen LogP contribution in [0.25, 0.3) is 0 Å². The summed E-state index contributed by atoms with van der Waals surface area (Å²) in [6.45, 7) is 2.65. The number of carbonyl (C=O) groups excluding carboxylic acids is 1. The summed E-state index contributed by atoms with van der Waals surface area (Å²) in [4.78, 5) is 12.3. The summed E-state index contributed by atoms with van der Waals surface area (Å²) in [6.07, 6.45) is 3.61. The van der Waals surface area contributed by atoms with Crippen molar-refractivity contribution in [2.45, 2.75) is 32.6 Å². The SMILES string of the molecule is Cc1ccc(OC(=O)C2CCC(COc3ccc(O)cc3)CC2)cc1. The molecule has 0 spiro atoms. The van der Waals surface area contributed by atoms with Crippen molar-refractivity contribution in [2.24, 2.45) is 11.8 Å². The van der Waals surface area contributed by atoms with Crippen LogP contribution in [0.1, 0.15) is 31.2 Å². The van der Waals surface area contributed by atoms with Gasteiger partial charge in [-0.05, 0) is 74.9 Å². The molecule has 4 nitrogen and oxygen atoms in total. The quantitative estimate of drug-likeness (QED) is 0.643. The lowest BCUT2D eigenvalue weighted by molar-refractivity contribution is -0.140. The van der Waals surface area contributed by atoms with E-state index < -0.39 is 0 Å². The fraction of sp³-hybridized carbons (Fsp3) is 0.381. The fourth-order valence-electron chi connectivity index (χ4n) is 3.13. The molecule has 0 radical (unpaired) electrons. The van der Waals surface area contributed by atoms with Crippen LogP contribution in [0.4, 0.5) is 0 Å². The van der Waals surface area contributed by atoms with E-state index in [4.69, 9.17) is 9.47 Å². The molecule has 132 valence electrons. The van der Waals surface area contributed by atoms with E-state index in [0.29, 0.717) is 18.3 Å². The second-order valence-electron chi connectivity index (χ2n) is 6.76. The van der Waals surface area contributed by atoms with Crippen molar-refractivity contribution >= 4 is 5.97 Å². The van der Waals surface area contributed by atoms with E-state index in [-0.39, 0.29) is 17.6 Å². The van der Waals surface area contributed by atoms with Gasteiger partial charge in [0.1, 0.15) is 17.2 Å². The van der Waals surface area contributed by atoms with Gasteiger partial charge in [-0.15, -0.1) is 0 Å². The fourth-order valence-corrected chi connectivity index (χ4v) is 3.13. The van der Waals surface area contributed by atoms with Crippen LogP contribution in [0.5, 0.6) is 17.2 Å². The number of hydrogen-bond donors (Lipinski definition) is 1. The zero-order valence-electron chi connectivity index (χ0n) is 14.5. The monoisotopic (exact) mass is 340 g/mol. The summed E-state index contributed by atoms with van der Waals surface area (Å²) in [6, 6.07) is 14.3. The van der Waals surface area contributed by atoms with Crippen molar-refractivity contribution in [1.82, 2.24) is 0 Å². The van der Waals surface area contributed by atoms with Crippen LogP contribution in [0, 0.1) is 18.8 Å². The smallest absolute Gasteiger partial charge is 0.314 e. The summed E-state index contributed by atoms with van der Waals surface area (Å²) < 4.78 is 11.3. The molecular formula is C21H24O4. The molecule has 1 fully saturated rings. The number of ether oxygens (including phenoxy) is 2. The van der Waals surface area contributed by atoms with Crippen molar-refractivity contribution in [2.75, 3.05) is 6.61 Å². The van der Waals surface area contributed by atoms with Gasteiger partial charge in [-0.2, -0.15) is 0 Å². The molecule has 1 N–H and O–H groups in total. The molecule has 25 heavy (non-hydrogen) atoms. The summed E-state index contributed by atoms with van der Waals surface area (Å²) in [5, 5.41) is 9.27. The summed E-state index contributed by atoms with van der Waals surface area (Å²) in [5.41, 5.74) is 1.15. The van der Waals surface area contributed by atoms with Crippen molar-refractivity contribution in [3.63, 3.8) is 0 Å². The number of aryl methyl sites for hydroxylation is 1. The maximum Gasteiger partial charge on any atom is 0.314 e. The number of rotatable bonds is 5. The Morgan fingerprint density at radius 2 is 1.56 bits per heavy atom. The minimum absolute atomic E-state index is 0.0220. The summed E-state index contributed by atoms with van der Waals surface area (Å²) in [7, 11) is 0. The highest BCUT2D eigenvalue weighted by molar-refractivity contribution is 5.75. The van der Waals surface area contributed by atoms with Gasteiger partial charge in [0, 0.05) is 0 Å². The van der Waals surface area contributed by atoms with Gasteiger partial charge in [0.05, 0.1) is 12.5 Å². The number of aromatic hydroxyl groups is 1. The van der Waals surface area contributed by atoms with Crippen LogP contribution in [-0.4, -0.2) is 17.7 Å². The van der Waals surface area contributed by atoms with Gasteiger partial charge < -0.3 is 14.6 Å². The van der Waals surface area contributed by atoms with E-state index in [2.05, 4.69) is 0 Å². The largest absolute Gasteiger partial charge is 0.508 e. The lowest BCUT2D eigenvalue weighted by Crippen LogP contribution is -2.27. The minimum Gasteiger partial charge on any atom is -0.508 e. The summed E-state index contributed by atoms with van der Waals surface area (Å²) >= 11 is 0. The minimum atomic E-state index is -0.123. The highest BCUT2D eigenvalue weighted by Gasteiger charge is 2.28. The van der Waals surface area contributed by atoms with E-state index in [1.807, 2.05) is 31.2 Å². The van der Waals surface area contributed by atoms with Crippen molar-refractivity contribution in [3.8, 4) is 17.2 Å². The van der Waals surface area contributed by atoms with Crippen LogP contribution in [0.2, 0.25) is 0 Å². The molecule has 0 atom stereocenters. The van der Waals surface area contributed by atoms with Gasteiger partial charge >= 0.3 is 5.97 Å². The lowest BCUT2D eigenvalue weighted by Gasteiger charge is -2.27. The molecule has 0 aromatic heterocycles. The van der Waals surface area contributed by atoms with Crippen molar-refractivity contribution < 1.29 is 19.4 Å². The van der Waals surface area contributed by atoms with Gasteiger partial charge in [-0.3, -0.25) is 4.79 Å². The Morgan fingerprint density at radius 1 is 0.960 bits per heavy atom. The molecule has 1 saturated carbocycles. The highest BCUT2D eigenvalue weighted by atomic mass is 16.5. The number of esters is 1. The average Bonchev–Trinajstić information content (AvgIpc) is 2.63. The van der Waals surface area contributed by atoms with Crippen molar-refractivity contribution in [1.29, 1.82) is 0 Å². The molecular weight excluding hydrogens is 316 g/mol. The molecule has 1 aliphatic carbocycles. The molecule has 0 amide bonds. The zero-order chi connectivity index (χ0) is 17.6. The van der Waals surface area contributed by atoms with Crippen molar-refractivity contribution in [3.05, 3.63) is 54.1 Å². The maximum absolute atomic E-state index is 12.3. The van der Waals surface area contributed by atoms with Crippen LogP contribution in [0.3, 0.4) is 0 Å². The normalized spacial score (nSPS) is 20.0. The predicted molar refractivity (Wildman–Crippen MR) is 95.9 cm³/mol. The first-order chi connectivity index (χ1) is 12.1. The molecule has 0 saturated heterocycles. The first-order valence-corrected chi connectivity index (χ1v) is 8.80. The van der Waals surface area contributed by atoms with Gasteiger partial charge in [0.2, 0.25) is 0 Å².